The second-order valence-electron chi connectivity index (χ2n) is 10.5. The van der Waals surface area contributed by atoms with Gasteiger partial charge in [0.15, 0.2) is 5.11 Å². The molecule has 0 aromatic heterocycles. The van der Waals surface area contributed by atoms with Gasteiger partial charge in [0.25, 0.3) is 11.6 Å². The highest BCUT2D eigenvalue weighted by Crippen LogP contribution is 2.61. The Balaban J connectivity index is 1.29. The molecule has 4 bridgehead atoms. The van der Waals surface area contributed by atoms with Gasteiger partial charge in [-0.1, -0.05) is 0 Å². The monoisotopic (exact) mass is 472 g/mol. The van der Waals surface area contributed by atoms with E-state index >= 15 is 0 Å². The highest BCUT2D eigenvalue weighted by molar-refractivity contribution is 7.80. The minimum absolute atomic E-state index is 0.113. The molecule has 33 heavy (non-hydrogen) atoms. The third kappa shape index (κ3) is 4.45. The fourth-order valence-corrected chi connectivity index (χ4v) is 7.43. The topological polar surface area (TPSA) is 96.7 Å². The number of hydrogen-bond acceptors (Lipinski definition) is 6. The van der Waals surface area contributed by atoms with Crippen molar-refractivity contribution < 1.29 is 14.5 Å². The third-order valence-electron chi connectivity index (χ3n) is 8.37. The summed E-state index contributed by atoms with van der Waals surface area (Å²) in [6.07, 6.45) is 7.88. The molecule has 2 N–H and O–H groups in total. The zero-order chi connectivity index (χ0) is 23.2. The first kappa shape index (κ1) is 22.5. The van der Waals surface area contributed by atoms with Crippen LogP contribution in [-0.2, 0) is 4.74 Å². The van der Waals surface area contributed by atoms with Crippen molar-refractivity contribution in [3.63, 3.8) is 0 Å². The van der Waals surface area contributed by atoms with Crippen LogP contribution < -0.4 is 15.5 Å². The molecule has 5 fully saturated rings. The van der Waals surface area contributed by atoms with E-state index in [1.165, 1.54) is 50.7 Å². The zero-order valence-corrected chi connectivity index (χ0v) is 19.9. The van der Waals surface area contributed by atoms with Gasteiger partial charge in [0.2, 0.25) is 0 Å². The molecule has 8 nitrogen and oxygen atoms in total. The summed E-state index contributed by atoms with van der Waals surface area (Å²) >= 11 is 5.54. The molecule has 4 aliphatic carbocycles. The molecule has 178 valence electrons. The van der Waals surface area contributed by atoms with Crippen LogP contribution in [0.15, 0.2) is 18.2 Å². The molecule has 1 aromatic rings. The smallest absolute Gasteiger partial charge is 0.270 e. The van der Waals surface area contributed by atoms with Gasteiger partial charge in [-0.25, -0.2) is 0 Å². The second-order valence-corrected chi connectivity index (χ2v) is 10.9. The van der Waals surface area contributed by atoms with E-state index in [1.807, 2.05) is 4.90 Å². The number of benzene rings is 1. The highest BCUT2D eigenvalue weighted by Gasteiger charge is 2.53. The van der Waals surface area contributed by atoms with Crippen molar-refractivity contribution in [1.29, 1.82) is 0 Å². The van der Waals surface area contributed by atoms with Crippen molar-refractivity contribution in [3.8, 4) is 0 Å². The Morgan fingerprint density at radius 1 is 1.18 bits per heavy atom. The van der Waals surface area contributed by atoms with Gasteiger partial charge in [-0.05, 0) is 86.9 Å². The summed E-state index contributed by atoms with van der Waals surface area (Å²) < 4.78 is 5.41. The molecule has 1 amide bonds. The molecule has 1 aromatic carbocycles. The lowest BCUT2D eigenvalue weighted by molar-refractivity contribution is -0.384. The van der Waals surface area contributed by atoms with Crippen LogP contribution in [0.25, 0.3) is 0 Å². The Hall–Kier alpha value is -2.26. The van der Waals surface area contributed by atoms with Gasteiger partial charge in [-0.2, -0.15) is 0 Å². The highest BCUT2D eigenvalue weighted by atomic mass is 32.1. The summed E-state index contributed by atoms with van der Waals surface area (Å²) in [5.74, 6) is 2.09. The number of nitrogens with zero attached hydrogens (tertiary/aromatic N) is 2. The van der Waals surface area contributed by atoms with Crippen LogP contribution >= 0.6 is 12.2 Å². The quantitative estimate of drug-likeness (QED) is 0.384. The number of non-ortho nitro benzene ring substituents is 1. The molecule has 4 saturated carbocycles. The number of hydrogen-bond donors (Lipinski definition) is 2. The lowest BCUT2D eigenvalue weighted by Gasteiger charge is -2.59. The zero-order valence-electron chi connectivity index (χ0n) is 19.0. The molecule has 0 spiro atoms. The summed E-state index contributed by atoms with van der Waals surface area (Å²) in [5.41, 5.74) is 1.07. The maximum atomic E-state index is 13.2. The van der Waals surface area contributed by atoms with E-state index < -0.39 is 10.8 Å². The molecule has 1 heterocycles. The maximum Gasteiger partial charge on any atom is 0.270 e. The summed E-state index contributed by atoms with van der Waals surface area (Å²) in [5, 5.41) is 17.8. The SMILES string of the molecule is C[C@H](NC(=S)NC(=O)c1cc([N+](=O)[O-])ccc1N1CCOCC1)C12CC3CC(CC(C3)C1)C2. The largest absolute Gasteiger partial charge is 0.378 e. The number of carbonyl (C=O) groups excluding carboxylic acids is 1. The summed E-state index contributed by atoms with van der Waals surface area (Å²) in [7, 11) is 0. The predicted molar refractivity (Wildman–Crippen MR) is 129 cm³/mol. The molecule has 0 radical (unpaired) electrons. The van der Waals surface area contributed by atoms with Crippen LogP contribution in [0.5, 0.6) is 0 Å². The Labute approximate surface area is 199 Å². The van der Waals surface area contributed by atoms with Crippen molar-refractivity contribution in [1.82, 2.24) is 10.6 Å². The summed E-state index contributed by atoms with van der Waals surface area (Å²) in [6.45, 7) is 4.56. The van der Waals surface area contributed by atoms with Crippen molar-refractivity contribution in [2.24, 2.45) is 23.2 Å². The Morgan fingerprint density at radius 3 is 2.36 bits per heavy atom. The van der Waals surface area contributed by atoms with E-state index in [1.54, 1.807) is 6.07 Å². The summed E-state index contributed by atoms with van der Waals surface area (Å²) in [6, 6.07) is 4.60. The number of ether oxygens (including phenoxy) is 1. The number of nitro benzene ring substituents is 1. The normalized spacial score (nSPS) is 31.2. The van der Waals surface area contributed by atoms with E-state index in [-0.39, 0.29) is 22.7 Å². The number of thiocarbonyl (C=S) groups is 1. The fourth-order valence-electron chi connectivity index (χ4n) is 7.16. The molecule has 5 aliphatic rings. The molecule has 6 rings (SSSR count). The van der Waals surface area contributed by atoms with Crippen LogP contribution in [0.2, 0.25) is 0 Å². The Kier molecular flexibility index (Phi) is 6.03. The fraction of sp³-hybridized carbons (Fsp3) is 0.667. The number of rotatable bonds is 5. The molecule has 0 unspecified atom stereocenters. The molecule has 1 atom stereocenters. The van der Waals surface area contributed by atoms with E-state index in [2.05, 4.69) is 17.6 Å². The van der Waals surface area contributed by atoms with Crippen molar-refractivity contribution in [2.45, 2.75) is 51.5 Å². The number of carbonyl (C=O) groups is 1. The van der Waals surface area contributed by atoms with Crippen LogP contribution in [0.3, 0.4) is 0 Å². The number of morpholine rings is 1. The average molecular weight is 473 g/mol. The van der Waals surface area contributed by atoms with Crippen LogP contribution in [0, 0.1) is 33.3 Å². The van der Waals surface area contributed by atoms with Gasteiger partial charge in [0.1, 0.15) is 0 Å². The lowest BCUT2D eigenvalue weighted by atomic mass is 9.48. The molecule has 1 saturated heterocycles. The van der Waals surface area contributed by atoms with Gasteiger partial charge in [0, 0.05) is 31.3 Å². The van der Waals surface area contributed by atoms with Crippen molar-refractivity contribution in [2.75, 3.05) is 31.2 Å². The maximum absolute atomic E-state index is 13.2. The van der Waals surface area contributed by atoms with Crippen molar-refractivity contribution >= 4 is 34.6 Å². The standard InChI is InChI=1S/C24H32N4O4S/c1-15(24-12-16-8-17(13-24)10-18(9-16)14-24)25-23(33)26-22(29)20-11-19(28(30)31)2-3-21(20)27-4-6-32-7-5-27/h2-3,11,15-18H,4-10,12-14H2,1H3,(H2,25,26,29,33)/t15-,16?,17?,18?,24?/m0/s1. The predicted octanol–water partition coefficient (Wildman–Crippen LogP) is 3.64. The number of anilines is 1. The summed E-state index contributed by atoms with van der Waals surface area (Å²) in [4.78, 5) is 26.1. The molecule has 9 heteroatoms. The molecular weight excluding hydrogens is 440 g/mol. The van der Waals surface area contributed by atoms with Gasteiger partial charge < -0.3 is 15.0 Å². The van der Waals surface area contributed by atoms with E-state index in [9.17, 15) is 14.9 Å². The lowest BCUT2D eigenvalue weighted by Crippen LogP contribution is -2.57. The van der Waals surface area contributed by atoms with E-state index in [4.69, 9.17) is 17.0 Å². The first-order chi connectivity index (χ1) is 15.8. The average Bonchev–Trinajstić information content (AvgIpc) is 2.78. The number of amides is 1. The number of nitrogens with one attached hydrogen (secondary N) is 2. The third-order valence-corrected chi connectivity index (χ3v) is 8.59. The molecule has 1 aliphatic heterocycles. The Bertz CT molecular complexity index is 926. The van der Waals surface area contributed by atoms with Crippen LogP contribution in [-0.4, -0.2) is 48.3 Å². The van der Waals surface area contributed by atoms with Gasteiger partial charge in [0.05, 0.1) is 29.4 Å². The number of nitro groups is 1. The second kappa shape index (κ2) is 8.83. The minimum atomic E-state index is -0.481. The van der Waals surface area contributed by atoms with E-state index in [0.717, 1.165) is 17.8 Å². The van der Waals surface area contributed by atoms with Crippen LogP contribution in [0.1, 0.15) is 55.8 Å². The van der Waals surface area contributed by atoms with Gasteiger partial charge in [-0.15, -0.1) is 0 Å². The Morgan fingerprint density at radius 2 is 1.79 bits per heavy atom. The first-order valence-electron chi connectivity index (χ1n) is 12.1. The minimum Gasteiger partial charge on any atom is -0.378 e. The van der Waals surface area contributed by atoms with E-state index in [0.29, 0.717) is 37.1 Å². The van der Waals surface area contributed by atoms with Crippen molar-refractivity contribution in [3.05, 3.63) is 33.9 Å². The van der Waals surface area contributed by atoms with Gasteiger partial charge in [-0.3, -0.25) is 20.2 Å². The van der Waals surface area contributed by atoms with Gasteiger partial charge >= 0.3 is 0 Å². The first-order valence-corrected chi connectivity index (χ1v) is 12.5. The molecular formula is C24H32N4O4S. The van der Waals surface area contributed by atoms with Crippen LogP contribution in [0.4, 0.5) is 11.4 Å².